The molecular formula is C12H17BrFNO2. The first-order valence-electron chi connectivity index (χ1n) is 5.44. The molecule has 0 spiro atoms. The van der Waals surface area contributed by atoms with E-state index in [0.29, 0.717) is 5.56 Å². The van der Waals surface area contributed by atoms with Crippen LogP contribution >= 0.6 is 15.9 Å². The Morgan fingerprint density at radius 2 is 2.12 bits per heavy atom. The SMILES string of the molecule is CC(O)C(C)OC(CN)c1cc(Br)ccc1F. The fraction of sp³-hybridized carbons (Fsp3) is 0.500. The second-order valence-corrected chi connectivity index (χ2v) is 4.89. The van der Waals surface area contributed by atoms with Crippen molar-refractivity contribution in [2.45, 2.75) is 32.2 Å². The lowest BCUT2D eigenvalue weighted by atomic mass is 10.1. The molecule has 3 unspecified atom stereocenters. The number of aliphatic hydroxyl groups is 1. The Kier molecular flexibility index (Phi) is 5.52. The van der Waals surface area contributed by atoms with E-state index in [1.54, 1.807) is 26.0 Å². The van der Waals surface area contributed by atoms with E-state index in [4.69, 9.17) is 10.5 Å². The molecule has 1 rings (SSSR count). The van der Waals surface area contributed by atoms with Crippen molar-refractivity contribution >= 4 is 15.9 Å². The van der Waals surface area contributed by atoms with Gasteiger partial charge in [-0.1, -0.05) is 15.9 Å². The lowest BCUT2D eigenvalue weighted by Crippen LogP contribution is -2.28. The second kappa shape index (κ2) is 6.44. The first-order chi connectivity index (χ1) is 7.95. The molecule has 0 aliphatic carbocycles. The highest BCUT2D eigenvalue weighted by Crippen LogP contribution is 2.25. The first-order valence-corrected chi connectivity index (χ1v) is 6.23. The van der Waals surface area contributed by atoms with Gasteiger partial charge in [0.25, 0.3) is 0 Å². The lowest BCUT2D eigenvalue weighted by molar-refractivity contribution is -0.0602. The second-order valence-electron chi connectivity index (χ2n) is 3.97. The fourth-order valence-electron chi connectivity index (χ4n) is 1.39. The molecule has 0 fully saturated rings. The van der Waals surface area contributed by atoms with Crippen LogP contribution in [-0.2, 0) is 4.74 Å². The zero-order valence-corrected chi connectivity index (χ0v) is 11.4. The van der Waals surface area contributed by atoms with Gasteiger partial charge in [-0.05, 0) is 32.0 Å². The van der Waals surface area contributed by atoms with Gasteiger partial charge in [0.1, 0.15) is 5.82 Å². The summed E-state index contributed by atoms with van der Waals surface area (Å²) in [5.41, 5.74) is 5.98. The average Bonchev–Trinajstić information content (AvgIpc) is 2.29. The zero-order chi connectivity index (χ0) is 13.0. The molecule has 3 N–H and O–H groups in total. The minimum Gasteiger partial charge on any atom is -0.391 e. The van der Waals surface area contributed by atoms with Crippen molar-refractivity contribution in [2.24, 2.45) is 5.73 Å². The molecule has 1 aromatic carbocycles. The van der Waals surface area contributed by atoms with Crippen LogP contribution in [0.3, 0.4) is 0 Å². The van der Waals surface area contributed by atoms with Crippen molar-refractivity contribution in [2.75, 3.05) is 6.54 Å². The van der Waals surface area contributed by atoms with Crippen molar-refractivity contribution in [3.63, 3.8) is 0 Å². The molecule has 0 bridgehead atoms. The Labute approximate surface area is 109 Å². The quantitative estimate of drug-likeness (QED) is 0.878. The van der Waals surface area contributed by atoms with Crippen molar-refractivity contribution in [1.82, 2.24) is 0 Å². The van der Waals surface area contributed by atoms with Gasteiger partial charge in [0.15, 0.2) is 0 Å². The van der Waals surface area contributed by atoms with Gasteiger partial charge in [0.2, 0.25) is 0 Å². The molecule has 0 amide bonds. The number of nitrogens with two attached hydrogens (primary N) is 1. The summed E-state index contributed by atoms with van der Waals surface area (Å²) in [6, 6.07) is 4.62. The van der Waals surface area contributed by atoms with Crippen molar-refractivity contribution < 1.29 is 14.2 Å². The van der Waals surface area contributed by atoms with E-state index < -0.39 is 18.3 Å². The highest BCUT2D eigenvalue weighted by Gasteiger charge is 2.20. The number of aliphatic hydroxyl groups excluding tert-OH is 1. The van der Waals surface area contributed by atoms with Gasteiger partial charge < -0.3 is 15.6 Å². The molecule has 96 valence electrons. The largest absolute Gasteiger partial charge is 0.391 e. The topological polar surface area (TPSA) is 55.5 Å². The summed E-state index contributed by atoms with van der Waals surface area (Å²) >= 11 is 3.28. The minimum atomic E-state index is -0.626. The third kappa shape index (κ3) is 4.03. The molecule has 3 atom stereocenters. The van der Waals surface area contributed by atoms with Crippen LogP contribution in [0, 0.1) is 5.82 Å². The Hall–Kier alpha value is -0.490. The van der Waals surface area contributed by atoms with Gasteiger partial charge in [0.05, 0.1) is 18.3 Å². The first kappa shape index (κ1) is 14.6. The summed E-state index contributed by atoms with van der Waals surface area (Å²) in [6.07, 6.45) is -1.58. The Morgan fingerprint density at radius 3 is 2.65 bits per heavy atom. The van der Waals surface area contributed by atoms with Crippen LogP contribution in [0.2, 0.25) is 0 Å². The van der Waals surface area contributed by atoms with E-state index in [1.165, 1.54) is 6.07 Å². The van der Waals surface area contributed by atoms with Gasteiger partial charge in [-0.15, -0.1) is 0 Å². The minimum absolute atomic E-state index is 0.157. The summed E-state index contributed by atoms with van der Waals surface area (Å²) in [5, 5.41) is 9.37. The number of halogens is 2. The van der Waals surface area contributed by atoms with E-state index in [9.17, 15) is 9.50 Å². The number of benzene rings is 1. The number of rotatable bonds is 5. The molecule has 0 saturated carbocycles. The normalized spacial score (nSPS) is 16.6. The zero-order valence-electron chi connectivity index (χ0n) is 9.86. The summed E-state index contributed by atoms with van der Waals surface area (Å²) < 4.78 is 20.0. The number of hydrogen-bond donors (Lipinski definition) is 2. The smallest absolute Gasteiger partial charge is 0.129 e. The average molecular weight is 306 g/mol. The predicted octanol–water partition coefficient (Wildman–Crippen LogP) is 2.37. The summed E-state index contributed by atoms with van der Waals surface area (Å²) in [6.45, 7) is 3.50. The van der Waals surface area contributed by atoms with E-state index >= 15 is 0 Å². The molecular weight excluding hydrogens is 289 g/mol. The molecule has 1 aromatic rings. The molecule has 5 heteroatoms. The van der Waals surface area contributed by atoms with E-state index in [1.807, 2.05) is 0 Å². The molecule has 3 nitrogen and oxygen atoms in total. The Morgan fingerprint density at radius 1 is 1.47 bits per heavy atom. The van der Waals surface area contributed by atoms with E-state index in [2.05, 4.69) is 15.9 Å². The standard InChI is InChI=1S/C12H17BrFNO2/c1-7(16)8(2)17-12(6-15)10-5-9(13)3-4-11(10)14/h3-5,7-8,12,16H,6,15H2,1-2H3. The Balaban J connectivity index is 2.89. The third-order valence-corrected chi connectivity index (χ3v) is 3.07. The highest BCUT2D eigenvalue weighted by molar-refractivity contribution is 9.10. The predicted molar refractivity (Wildman–Crippen MR) is 68.1 cm³/mol. The van der Waals surface area contributed by atoms with Crippen LogP contribution in [0.4, 0.5) is 4.39 Å². The van der Waals surface area contributed by atoms with Gasteiger partial charge in [-0.3, -0.25) is 0 Å². The molecule has 17 heavy (non-hydrogen) atoms. The number of ether oxygens (including phenoxy) is 1. The van der Waals surface area contributed by atoms with Crippen molar-refractivity contribution in [3.8, 4) is 0 Å². The van der Waals surface area contributed by atoms with Crippen molar-refractivity contribution in [1.29, 1.82) is 0 Å². The molecule has 0 radical (unpaired) electrons. The number of hydrogen-bond acceptors (Lipinski definition) is 3. The molecule has 0 aliphatic rings. The van der Waals surface area contributed by atoms with E-state index in [0.717, 1.165) is 4.47 Å². The van der Waals surface area contributed by atoms with Crippen molar-refractivity contribution in [3.05, 3.63) is 34.1 Å². The summed E-state index contributed by atoms with van der Waals surface area (Å²) in [7, 11) is 0. The maximum Gasteiger partial charge on any atom is 0.129 e. The molecule has 0 saturated heterocycles. The molecule has 0 aliphatic heterocycles. The lowest BCUT2D eigenvalue weighted by Gasteiger charge is -2.23. The van der Waals surface area contributed by atoms with E-state index in [-0.39, 0.29) is 12.4 Å². The van der Waals surface area contributed by atoms with Gasteiger partial charge in [-0.25, -0.2) is 4.39 Å². The summed E-state index contributed by atoms with van der Waals surface area (Å²) in [4.78, 5) is 0. The van der Waals surface area contributed by atoms with Crippen LogP contribution in [0.5, 0.6) is 0 Å². The maximum atomic E-state index is 13.6. The van der Waals surface area contributed by atoms with Crippen LogP contribution < -0.4 is 5.73 Å². The molecule has 0 heterocycles. The van der Waals surface area contributed by atoms with Gasteiger partial charge in [0, 0.05) is 16.6 Å². The Bertz CT molecular complexity index is 374. The van der Waals surface area contributed by atoms with Crippen LogP contribution in [0.15, 0.2) is 22.7 Å². The van der Waals surface area contributed by atoms with Crippen LogP contribution in [-0.4, -0.2) is 23.9 Å². The summed E-state index contributed by atoms with van der Waals surface area (Å²) in [5.74, 6) is -0.360. The van der Waals surface area contributed by atoms with Gasteiger partial charge >= 0.3 is 0 Å². The monoisotopic (exact) mass is 305 g/mol. The third-order valence-electron chi connectivity index (χ3n) is 2.58. The van der Waals surface area contributed by atoms with Crippen LogP contribution in [0.25, 0.3) is 0 Å². The molecule has 0 aromatic heterocycles. The highest BCUT2D eigenvalue weighted by atomic mass is 79.9. The van der Waals surface area contributed by atoms with Crippen LogP contribution in [0.1, 0.15) is 25.5 Å². The fourth-order valence-corrected chi connectivity index (χ4v) is 1.77. The van der Waals surface area contributed by atoms with Gasteiger partial charge in [-0.2, -0.15) is 0 Å². The maximum absolute atomic E-state index is 13.6.